The lowest BCUT2D eigenvalue weighted by Gasteiger charge is -2.14. The second-order valence-electron chi connectivity index (χ2n) is 5.67. The highest BCUT2D eigenvalue weighted by atomic mass is 35.5. The molecule has 0 unspecified atom stereocenters. The maximum Gasteiger partial charge on any atom is 0.254 e. The summed E-state index contributed by atoms with van der Waals surface area (Å²) < 4.78 is 43.7. The van der Waals surface area contributed by atoms with Gasteiger partial charge in [0.25, 0.3) is 5.78 Å². The Balaban J connectivity index is 2.04. The van der Waals surface area contributed by atoms with E-state index in [9.17, 15) is 13.2 Å². The summed E-state index contributed by atoms with van der Waals surface area (Å²) in [6.07, 6.45) is 1.27. The van der Waals surface area contributed by atoms with Crippen LogP contribution in [0.2, 0.25) is 5.15 Å². The standard InChI is InChI=1S/C18H10ClF3N4S/c1-9-4-2-3-5-13(9)27-17-15(14-11(21)6-10(20)7-12(14)22)16(19)25-18-23-8-24-26(17)18/h2-8H,1H3. The van der Waals surface area contributed by atoms with Crippen LogP contribution in [0.5, 0.6) is 0 Å². The zero-order valence-corrected chi connectivity index (χ0v) is 15.3. The number of fused-ring (bicyclic) bond motifs is 1. The Kier molecular flexibility index (Phi) is 4.53. The van der Waals surface area contributed by atoms with Crippen molar-refractivity contribution in [1.29, 1.82) is 0 Å². The van der Waals surface area contributed by atoms with Crippen molar-refractivity contribution >= 4 is 29.1 Å². The third kappa shape index (κ3) is 3.15. The van der Waals surface area contributed by atoms with Gasteiger partial charge in [-0.2, -0.15) is 19.6 Å². The summed E-state index contributed by atoms with van der Waals surface area (Å²) in [6, 6.07) is 8.69. The highest BCUT2D eigenvalue weighted by Crippen LogP contribution is 2.42. The molecular formula is C18H10ClF3N4S. The highest BCUT2D eigenvalue weighted by Gasteiger charge is 2.25. The van der Waals surface area contributed by atoms with E-state index in [-0.39, 0.29) is 16.5 Å². The second-order valence-corrected chi connectivity index (χ2v) is 7.06. The van der Waals surface area contributed by atoms with E-state index in [0.29, 0.717) is 17.2 Å². The summed E-state index contributed by atoms with van der Waals surface area (Å²) >= 11 is 7.47. The first-order valence-corrected chi connectivity index (χ1v) is 8.93. The van der Waals surface area contributed by atoms with Crippen molar-refractivity contribution in [3.05, 3.63) is 70.9 Å². The SMILES string of the molecule is Cc1ccccc1Sc1c(-c2c(F)cc(F)cc2F)c(Cl)nc2ncnn12. The number of aromatic nitrogens is 4. The highest BCUT2D eigenvalue weighted by molar-refractivity contribution is 7.99. The Labute approximate surface area is 161 Å². The number of hydrogen-bond acceptors (Lipinski definition) is 4. The Hall–Kier alpha value is -2.58. The number of aryl methyl sites for hydroxylation is 1. The average molecular weight is 407 g/mol. The zero-order chi connectivity index (χ0) is 19.1. The van der Waals surface area contributed by atoms with Gasteiger partial charge in [0.05, 0.1) is 11.1 Å². The van der Waals surface area contributed by atoms with Gasteiger partial charge >= 0.3 is 0 Å². The lowest BCUT2D eigenvalue weighted by atomic mass is 10.1. The van der Waals surface area contributed by atoms with Gasteiger partial charge in [0.15, 0.2) is 0 Å². The van der Waals surface area contributed by atoms with Gasteiger partial charge < -0.3 is 0 Å². The molecule has 0 saturated heterocycles. The predicted molar refractivity (Wildman–Crippen MR) is 96.4 cm³/mol. The van der Waals surface area contributed by atoms with E-state index in [0.717, 1.165) is 10.5 Å². The molecule has 136 valence electrons. The number of halogens is 4. The molecule has 0 fully saturated rings. The second kappa shape index (κ2) is 6.86. The Morgan fingerprint density at radius 1 is 1.04 bits per heavy atom. The molecule has 0 radical (unpaired) electrons. The number of benzene rings is 2. The molecule has 0 amide bonds. The van der Waals surface area contributed by atoms with Crippen LogP contribution >= 0.6 is 23.4 Å². The summed E-state index contributed by atoms with van der Waals surface area (Å²) in [6.45, 7) is 1.91. The first kappa shape index (κ1) is 17.8. The molecular weight excluding hydrogens is 397 g/mol. The topological polar surface area (TPSA) is 43.1 Å². The molecule has 0 saturated carbocycles. The molecule has 0 aliphatic heterocycles. The predicted octanol–water partition coefficient (Wildman–Crippen LogP) is 5.32. The van der Waals surface area contributed by atoms with Crippen molar-refractivity contribution in [3.63, 3.8) is 0 Å². The van der Waals surface area contributed by atoms with Crippen LogP contribution in [-0.4, -0.2) is 19.6 Å². The average Bonchev–Trinajstić information content (AvgIpc) is 3.06. The molecule has 2 aromatic carbocycles. The molecule has 4 aromatic rings. The van der Waals surface area contributed by atoms with Crippen LogP contribution in [0.4, 0.5) is 13.2 Å². The van der Waals surface area contributed by atoms with Crippen LogP contribution in [-0.2, 0) is 0 Å². The summed E-state index contributed by atoms with van der Waals surface area (Å²) in [7, 11) is 0. The molecule has 4 nitrogen and oxygen atoms in total. The molecule has 0 aliphatic carbocycles. The summed E-state index contributed by atoms with van der Waals surface area (Å²) in [5.41, 5.74) is 0.468. The third-order valence-electron chi connectivity index (χ3n) is 3.90. The van der Waals surface area contributed by atoms with Crippen LogP contribution in [0.1, 0.15) is 5.56 Å². The van der Waals surface area contributed by atoms with Gasteiger partial charge in [0, 0.05) is 17.0 Å². The fourth-order valence-electron chi connectivity index (χ4n) is 2.65. The minimum absolute atomic E-state index is 0.0158. The summed E-state index contributed by atoms with van der Waals surface area (Å²) in [5, 5.41) is 4.26. The maximum atomic E-state index is 14.5. The van der Waals surface area contributed by atoms with Gasteiger partial charge in [0.2, 0.25) is 0 Å². The van der Waals surface area contributed by atoms with Crippen molar-refractivity contribution in [1.82, 2.24) is 19.6 Å². The largest absolute Gasteiger partial charge is 0.254 e. The molecule has 0 bridgehead atoms. The fraction of sp³-hybridized carbons (Fsp3) is 0.0556. The van der Waals surface area contributed by atoms with Crippen molar-refractivity contribution in [3.8, 4) is 11.1 Å². The zero-order valence-electron chi connectivity index (χ0n) is 13.8. The Bertz CT molecular complexity index is 1160. The summed E-state index contributed by atoms with van der Waals surface area (Å²) in [5.74, 6) is -3.00. The number of nitrogens with zero attached hydrogens (tertiary/aromatic N) is 4. The minimum atomic E-state index is -1.08. The number of hydrogen-bond donors (Lipinski definition) is 0. The van der Waals surface area contributed by atoms with Crippen LogP contribution in [0.3, 0.4) is 0 Å². The van der Waals surface area contributed by atoms with Gasteiger partial charge in [-0.15, -0.1) is 0 Å². The smallest absolute Gasteiger partial charge is 0.207 e. The lowest BCUT2D eigenvalue weighted by Crippen LogP contribution is -2.03. The first-order chi connectivity index (χ1) is 13.0. The van der Waals surface area contributed by atoms with Crippen molar-refractivity contribution in [2.24, 2.45) is 0 Å². The van der Waals surface area contributed by atoms with Crippen molar-refractivity contribution < 1.29 is 13.2 Å². The monoisotopic (exact) mass is 406 g/mol. The van der Waals surface area contributed by atoms with Crippen LogP contribution in [0.15, 0.2) is 52.6 Å². The molecule has 0 spiro atoms. The molecule has 2 aromatic heterocycles. The quantitative estimate of drug-likeness (QED) is 0.432. The fourth-order valence-corrected chi connectivity index (χ4v) is 4.07. The van der Waals surface area contributed by atoms with E-state index in [1.807, 2.05) is 31.2 Å². The molecule has 27 heavy (non-hydrogen) atoms. The molecule has 0 N–H and O–H groups in total. The normalized spacial score (nSPS) is 11.3. The van der Waals surface area contributed by atoms with Crippen LogP contribution in [0, 0.1) is 24.4 Å². The first-order valence-electron chi connectivity index (χ1n) is 7.73. The van der Waals surface area contributed by atoms with Gasteiger partial charge in [0.1, 0.15) is 34.0 Å². The Morgan fingerprint density at radius 2 is 1.74 bits per heavy atom. The maximum absolute atomic E-state index is 14.5. The molecule has 0 aliphatic rings. The van der Waals surface area contributed by atoms with E-state index in [1.165, 1.54) is 22.6 Å². The van der Waals surface area contributed by atoms with E-state index in [2.05, 4.69) is 15.1 Å². The lowest BCUT2D eigenvalue weighted by molar-refractivity contribution is 0.547. The summed E-state index contributed by atoms with van der Waals surface area (Å²) in [4.78, 5) is 8.88. The molecule has 9 heteroatoms. The van der Waals surface area contributed by atoms with Crippen molar-refractivity contribution in [2.75, 3.05) is 0 Å². The third-order valence-corrected chi connectivity index (χ3v) is 5.42. The van der Waals surface area contributed by atoms with Gasteiger partial charge in [-0.3, -0.25) is 0 Å². The van der Waals surface area contributed by atoms with Crippen LogP contribution in [0.25, 0.3) is 16.9 Å². The molecule has 2 heterocycles. The Morgan fingerprint density at radius 3 is 2.44 bits per heavy atom. The van der Waals surface area contributed by atoms with Crippen molar-refractivity contribution in [2.45, 2.75) is 16.8 Å². The van der Waals surface area contributed by atoms with Gasteiger partial charge in [-0.05, 0) is 18.6 Å². The van der Waals surface area contributed by atoms with E-state index >= 15 is 0 Å². The molecule has 4 rings (SSSR count). The van der Waals surface area contributed by atoms with E-state index in [4.69, 9.17) is 11.6 Å². The van der Waals surface area contributed by atoms with Gasteiger partial charge in [-0.1, -0.05) is 41.6 Å². The van der Waals surface area contributed by atoms with E-state index in [1.54, 1.807) is 0 Å². The van der Waals surface area contributed by atoms with Crippen LogP contribution < -0.4 is 0 Å². The van der Waals surface area contributed by atoms with E-state index < -0.39 is 23.0 Å². The molecule has 0 atom stereocenters. The van der Waals surface area contributed by atoms with Gasteiger partial charge in [-0.25, -0.2) is 13.2 Å². The minimum Gasteiger partial charge on any atom is -0.207 e. The number of rotatable bonds is 3.